The van der Waals surface area contributed by atoms with Gasteiger partial charge in [0, 0.05) is 10.9 Å². The maximum atomic E-state index is 9.77. The fourth-order valence-corrected chi connectivity index (χ4v) is 2.97. The lowest BCUT2D eigenvalue weighted by molar-refractivity contribution is 0.308. The van der Waals surface area contributed by atoms with E-state index in [1.807, 2.05) is 41.8 Å². The lowest BCUT2D eigenvalue weighted by Gasteiger charge is -2.05. The van der Waals surface area contributed by atoms with E-state index in [2.05, 4.69) is 6.92 Å². The first kappa shape index (κ1) is 12.1. The minimum absolute atomic E-state index is 0.337. The summed E-state index contributed by atoms with van der Waals surface area (Å²) in [6.45, 7) is 2.57. The number of ether oxygens (including phenoxy) is 1. The van der Waals surface area contributed by atoms with Gasteiger partial charge in [0.1, 0.15) is 18.1 Å². The normalized spacial score (nSPS) is 10.8. The van der Waals surface area contributed by atoms with Crippen molar-refractivity contribution < 1.29 is 9.84 Å². The van der Waals surface area contributed by atoms with Gasteiger partial charge in [0.2, 0.25) is 0 Å². The van der Waals surface area contributed by atoms with Crippen LogP contribution in [-0.4, -0.2) is 5.11 Å². The van der Waals surface area contributed by atoms with Crippen LogP contribution in [0, 0.1) is 6.92 Å². The largest absolute Gasteiger partial charge is 0.506 e. The second kappa shape index (κ2) is 4.94. The quantitative estimate of drug-likeness (QED) is 0.759. The number of phenols is 1. The monoisotopic (exact) mass is 270 g/mol. The minimum atomic E-state index is 0.337. The third-order valence-electron chi connectivity index (χ3n) is 3.07. The van der Waals surface area contributed by atoms with Gasteiger partial charge in [-0.05, 0) is 30.5 Å². The zero-order valence-corrected chi connectivity index (χ0v) is 11.4. The number of benzene rings is 2. The van der Waals surface area contributed by atoms with Crippen LogP contribution in [0.15, 0.2) is 47.8 Å². The van der Waals surface area contributed by atoms with Crippen molar-refractivity contribution in [3.63, 3.8) is 0 Å². The van der Waals surface area contributed by atoms with Crippen molar-refractivity contribution in [1.82, 2.24) is 0 Å². The topological polar surface area (TPSA) is 29.5 Å². The number of aryl methyl sites for hydroxylation is 1. The highest BCUT2D eigenvalue weighted by Gasteiger charge is 2.07. The van der Waals surface area contributed by atoms with Crippen molar-refractivity contribution in [1.29, 1.82) is 0 Å². The summed E-state index contributed by atoms with van der Waals surface area (Å²) in [6, 6.07) is 13.6. The molecule has 0 atom stereocenters. The molecule has 0 fully saturated rings. The van der Waals surface area contributed by atoms with Gasteiger partial charge in [-0.2, -0.15) is 0 Å². The van der Waals surface area contributed by atoms with Crippen molar-refractivity contribution in [3.8, 4) is 11.5 Å². The molecule has 2 nitrogen and oxygen atoms in total. The Balaban J connectivity index is 1.82. The summed E-state index contributed by atoms with van der Waals surface area (Å²) < 4.78 is 6.70. The summed E-state index contributed by atoms with van der Waals surface area (Å²) in [5, 5.41) is 12.9. The first-order valence-electron chi connectivity index (χ1n) is 6.11. The first-order chi connectivity index (χ1) is 9.24. The highest BCUT2D eigenvalue weighted by atomic mass is 32.1. The second-order valence-electron chi connectivity index (χ2n) is 4.52. The maximum absolute atomic E-state index is 9.77. The van der Waals surface area contributed by atoms with Crippen LogP contribution < -0.4 is 4.74 Å². The van der Waals surface area contributed by atoms with Gasteiger partial charge in [-0.1, -0.05) is 29.8 Å². The van der Waals surface area contributed by atoms with E-state index >= 15 is 0 Å². The summed E-state index contributed by atoms with van der Waals surface area (Å²) >= 11 is 1.55. The predicted octanol–water partition coefficient (Wildman–Crippen LogP) is 4.49. The number of rotatable bonds is 3. The van der Waals surface area contributed by atoms with E-state index in [0.717, 1.165) is 21.4 Å². The molecule has 0 amide bonds. The molecule has 0 spiro atoms. The zero-order valence-electron chi connectivity index (χ0n) is 10.6. The highest BCUT2D eigenvalue weighted by Crippen LogP contribution is 2.33. The molecule has 3 rings (SSSR count). The Bertz CT molecular complexity index is 698. The predicted molar refractivity (Wildman–Crippen MR) is 79.0 cm³/mol. The second-order valence-corrected chi connectivity index (χ2v) is 5.40. The fourth-order valence-electron chi connectivity index (χ4n) is 2.00. The van der Waals surface area contributed by atoms with Crippen molar-refractivity contribution in [3.05, 3.63) is 59.0 Å². The number of phenolic OH excluding ortho intramolecular Hbond substituents is 1. The van der Waals surface area contributed by atoms with Crippen molar-refractivity contribution in [2.45, 2.75) is 13.5 Å². The maximum Gasteiger partial charge on any atom is 0.133 e. The third kappa shape index (κ3) is 2.42. The van der Waals surface area contributed by atoms with Gasteiger partial charge in [0.15, 0.2) is 0 Å². The van der Waals surface area contributed by atoms with Crippen molar-refractivity contribution >= 4 is 21.4 Å². The lowest BCUT2D eigenvalue weighted by Crippen LogP contribution is -1.94. The molecule has 96 valence electrons. The summed E-state index contributed by atoms with van der Waals surface area (Å²) in [5.41, 5.74) is 2.33. The minimum Gasteiger partial charge on any atom is -0.506 e. The van der Waals surface area contributed by atoms with E-state index in [0.29, 0.717) is 12.4 Å². The Hall–Kier alpha value is -2.00. The van der Waals surface area contributed by atoms with Crippen LogP contribution in [0.3, 0.4) is 0 Å². The standard InChI is InChI=1S/C16H14O2S/c1-11-5-7-13(8-6-11)18-9-12-10-19-16-14(12)3-2-4-15(16)17/h2-8,10,17H,9H2,1H3. The SMILES string of the molecule is Cc1ccc(OCc2csc3c(O)cccc23)cc1. The number of hydrogen-bond acceptors (Lipinski definition) is 3. The number of hydrogen-bond donors (Lipinski definition) is 1. The van der Waals surface area contributed by atoms with E-state index < -0.39 is 0 Å². The van der Waals surface area contributed by atoms with Crippen LogP contribution in [0.25, 0.3) is 10.1 Å². The number of thiophene rings is 1. The Kier molecular flexibility index (Phi) is 3.13. The van der Waals surface area contributed by atoms with E-state index in [4.69, 9.17) is 4.74 Å². The van der Waals surface area contributed by atoms with Crippen LogP contribution in [0.1, 0.15) is 11.1 Å². The summed E-state index contributed by atoms with van der Waals surface area (Å²) in [4.78, 5) is 0. The van der Waals surface area contributed by atoms with Gasteiger partial charge < -0.3 is 9.84 Å². The van der Waals surface area contributed by atoms with Crippen LogP contribution >= 0.6 is 11.3 Å². The zero-order chi connectivity index (χ0) is 13.2. The van der Waals surface area contributed by atoms with Gasteiger partial charge in [-0.25, -0.2) is 0 Å². The smallest absolute Gasteiger partial charge is 0.133 e. The van der Waals surface area contributed by atoms with Crippen LogP contribution in [0.2, 0.25) is 0 Å². The molecule has 0 aliphatic carbocycles. The molecule has 0 saturated carbocycles. The van der Waals surface area contributed by atoms with Gasteiger partial charge >= 0.3 is 0 Å². The van der Waals surface area contributed by atoms with E-state index in [9.17, 15) is 5.11 Å². The van der Waals surface area contributed by atoms with Crippen molar-refractivity contribution in [2.24, 2.45) is 0 Å². The summed E-state index contributed by atoms with van der Waals surface area (Å²) in [6.07, 6.45) is 0. The molecule has 19 heavy (non-hydrogen) atoms. The fraction of sp³-hybridized carbons (Fsp3) is 0.125. The lowest BCUT2D eigenvalue weighted by atomic mass is 10.2. The van der Waals surface area contributed by atoms with Gasteiger partial charge in [0.05, 0.1) is 4.70 Å². The summed E-state index contributed by atoms with van der Waals surface area (Å²) in [7, 11) is 0. The molecule has 0 unspecified atom stereocenters. The molecule has 0 aliphatic heterocycles. The molecule has 1 heterocycles. The Labute approximate surface area is 115 Å². The molecule has 0 bridgehead atoms. The van der Waals surface area contributed by atoms with Crippen molar-refractivity contribution in [2.75, 3.05) is 0 Å². The average molecular weight is 270 g/mol. The molecule has 0 aliphatic rings. The van der Waals surface area contributed by atoms with Crippen LogP contribution in [-0.2, 0) is 6.61 Å². The molecule has 3 heteroatoms. The molecule has 3 aromatic rings. The molecule has 1 aromatic heterocycles. The number of aromatic hydroxyl groups is 1. The van der Waals surface area contributed by atoms with E-state index in [1.165, 1.54) is 5.56 Å². The van der Waals surface area contributed by atoms with Gasteiger partial charge in [-0.15, -0.1) is 11.3 Å². The molecular weight excluding hydrogens is 256 g/mol. The van der Waals surface area contributed by atoms with Gasteiger partial charge in [-0.3, -0.25) is 0 Å². The average Bonchev–Trinajstić information content (AvgIpc) is 2.83. The van der Waals surface area contributed by atoms with Crippen LogP contribution in [0.4, 0.5) is 0 Å². The highest BCUT2D eigenvalue weighted by molar-refractivity contribution is 7.17. The number of fused-ring (bicyclic) bond motifs is 1. The molecule has 0 radical (unpaired) electrons. The van der Waals surface area contributed by atoms with Gasteiger partial charge in [0.25, 0.3) is 0 Å². The van der Waals surface area contributed by atoms with E-state index in [-0.39, 0.29) is 0 Å². The Morgan fingerprint density at radius 1 is 1.11 bits per heavy atom. The van der Waals surface area contributed by atoms with E-state index in [1.54, 1.807) is 17.4 Å². The first-order valence-corrected chi connectivity index (χ1v) is 6.99. The molecule has 2 aromatic carbocycles. The Morgan fingerprint density at radius 3 is 2.68 bits per heavy atom. The molecule has 0 saturated heterocycles. The summed E-state index contributed by atoms with van der Waals surface area (Å²) in [5.74, 6) is 1.20. The third-order valence-corrected chi connectivity index (χ3v) is 4.14. The van der Waals surface area contributed by atoms with Crippen LogP contribution in [0.5, 0.6) is 11.5 Å². The molecule has 1 N–H and O–H groups in total. The molecular formula is C16H14O2S. The Morgan fingerprint density at radius 2 is 1.89 bits per heavy atom.